The standard InChI is InChI=1S/C15H16O2/c1-9-4-5-10(2)15(11(9)3)12-6-13(16)8-14(17)7-12/h4-8,16-17H,1-3H3. The van der Waals surface area contributed by atoms with Crippen LogP contribution < -0.4 is 0 Å². The molecule has 0 amide bonds. The number of aromatic hydroxyl groups is 2. The van der Waals surface area contributed by atoms with Crippen LogP contribution in [0.5, 0.6) is 11.5 Å². The Morgan fingerprint density at radius 3 is 1.88 bits per heavy atom. The highest BCUT2D eigenvalue weighted by molar-refractivity contribution is 5.74. The molecule has 0 unspecified atom stereocenters. The van der Waals surface area contributed by atoms with Crippen molar-refractivity contribution in [3.8, 4) is 22.6 Å². The fraction of sp³-hybridized carbons (Fsp3) is 0.200. The molecule has 0 aliphatic heterocycles. The number of phenolic OH excluding ortho intramolecular Hbond substituents is 2. The quantitative estimate of drug-likeness (QED) is 0.781. The summed E-state index contributed by atoms with van der Waals surface area (Å²) in [6.07, 6.45) is 0. The zero-order valence-corrected chi connectivity index (χ0v) is 10.3. The van der Waals surface area contributed by atoms with E-state index in [9.17, 15) is 10.2 Å². The zero-order valence-electron chi connectivity index (χ0n) is 10.3. The van der Waals surface area contributed by atoms with Gasteiger partial charge in [-0.15, -0.1) is 0 Å². The van der Waals surface area contributed by atoms with Gasteiger partial charge in [0.05, 0.1) is 0 Å². The van der Waals surface area contributed by atoms with Crippen LogP contribution in [-0.4, -0.2) is 10.2 Å². The molecule has 0 saturated carbocycles. The second-order valence-electron chi connectivity index (χ2n) is 4.44. The van der Waals surface area contributed by atoms with Gasteiger partial charge in [-0.05, 0) is 60.7 Å². The van der Waals surface area contributed by atoms with Gasteiger partial charge in [0, 0.05) is 6.07 Å². The van der Waals surface area contributed by atoms with Crippen LogP contribution in [0.1, 0.15) is 16.7 Å². The third-order valence-electron chi connectivity index (χ3n) is 3.14. The minimum atomic E-state index is 0.0836. The van der Waals surface area contributed by atoms with Crippen LogP contribution in [-0.2, 0) is 0 Å². The second-order valence-corrected chi connectivity index (χ2v) is 4.44. The van der Waals surface area contributed by atoms with E-state index in [-0.39, 0.29) is 11.5 Å². The van der Waals surface area contributed by atoms with E-state index in [2.05, 4.69) is 26.0 Å². The topological polar surface area (TPSA) is 40.5 Å². The second kappa shape index (κ2) is 4.13. The maximum absolute atomic E-state index is 9.55. The monoisotopic (exact) mass is 228 g/mol. The molecule has 0 bridgehead atoms. The summed E-state index contributed by atoms with van der Waals surface area (Å²) >= 11 is 0. The molecule has 17 heavy (non-hydrogen) atoms. The first-order valence-corrected chi connectivity index (χ1v) is 5.59. The van der Waals surface area contributed by atoms with Crippen LogP contribution >= 0.6 is 0 Å². The van der Waals surface area contributed by atoms with Gasteiger partial charge in [0.2, 0.25) is 0 Å². The van der Waals surface area contributed by atoms with Gasteiger partial charge in [-0.3, -0.25) is 0 Å². The Morgan fingerprint density at radius 1 is 0.765 bits per heavy atom. The van der Waals surface area contributed by atoms with Gasteiger partial charge >= 0.3 is 0 Å². The van der Waals surface area contributed by atoms with E-state index in [4.69, 9.17) is 0 Å². The Morgan fingerprint density at radius 2 is 1.29 bits per heavy atom. The molecule has 0 fully saturated rings. The van der Waals surface area contributed by atoms with Crippen LogP contribution in [0.15, 0.2) is 30.3 Å². The van der Waals surface area contributed by atoms with E-state index >= 15 is 0 Å². The number of hydrogen-bond acceptors (Lipinski definition) is 2. The molecule has 0 spiro atoms. The minimum absolute atomic E-state index is 0.0836. The molecular weight excluding hydrogens is 212 g/mol. The SMILES string of the molecule is Cc1ccc(C)c(-c2cc(O)cc(O)c2)c1C. The van der Waals surface area contributed by atoms with Gasteiger partial charge in [0.1, 0.15) is 11.5 Å². The van der Waals surface area contributed by atoms with E-state index < -0.39 is 0 Å². The summed E-state index contributed by atoms with van der Waals surface area (Å²) in [6.45, 7) is 6.14. The summed E-state index contributed by atoms with van der Waals surface area (Å²) in [5.41, 5.74) is 5.44. The van der Waals surface area contributed by atoms with E-state index in [1.807, 2.05) is 6.92 Å². The zero-order chi connectivity index (χ0) is 12.6. The van der Waals surface area contributed by atoms with E-state index in [1.54, 1.807) is 12.1 Å². The maximum Gasteiger partial charge on any atom is 0.119 e. The lowest BCUT2D eigenvalue weighted by molar-refractivity contribution is 0.451. The van der Waals surface area contributed by atoms with E-state index in [0.29, 0.717) is 0 Å². The fourth-order valence-electron chi connectivity index (χ4n) is 2.13. The first kappa shape index (κ1) is 11.5. The summed E-state index contributed by atoms with van der Waals surface area (Å²) < 4.78 is 0. The van der Waals surface area contributed by atoms with Crippen molar-refractivity contribution in [2.24, 2.45) is 0 Å². The van der Waals surface area contributed by atoms with E-state index in [1.165, 1.54) is 17.2 Å². The normalized spacial score (nSPS) is 10.5. The van der Waals surface area contributed by atoms with Crippen molar-refractivity contribution in [2.45, 2.75) is 20.8 Å². The Balaban J connectivity index is 2.72. The van der Waals surface area contributed by atoms with Gasteiger partial charge < -0.3 is 10.2 Å². The van der Waals surface area contributed by atoms with Crippen molar-refractivity contribution in [1.82, 2.24) is 0 Å². The average Bonchev–Trinajstić information content (AvgIpc) is 2.23. The maximum atomic E-state index is 9.55. The molecule has 2 rings (SSSR count). The van der Waals surface area contributed by atoms with Gasteiger partial charge in [-0.25, -0.2) is 0 Å². The lowest BCUT2D eigenvalue weighted by Crippen LogP contribution is -1.91. The molecule has 0 aliphatic carbocycles. The van der Waals surface area contributed by atoms with E-state index in [0.717, 1.165) is 16.7 Å². The smallest absolute Gasteiger partial charge is 0.119 e. The lowest BCUT2D eigenvalue weighted by Gasteiger charge is -2.13. The Labute approximate surface area is 101 Å². The van der Waals surface area contributed by atoms with Crippen LogP contribution in [0.25, 0.3) is 11.1 Å². The molecule has 2 N–H and O–H groups in total. The molecule has 0 aromatic heterocycles. The largest absolute Gasteiger partial charge is 0.508 e. The highest BCUT2D eigenvalue weighted by atomic mass is 16.3. The minimum Gasteiger partial charge on any atom is -0.508 e. The predicted molar refractivity (Wildman–Crippen MR) is 69.4 cm³/mol. The summed E-state index contributed by atoms with van der Waals surface area (Å²) in [5.74, 6) is 0.167. The third kappa shape index (κ3) is 2.11. The number of rotatable bonds is 1. The highest BCUT2D eigenvalue weighted by Gasteiger charge is 2.09. The molecular formula is C15H16O2. The molecule has 0 saturated heterocycles. The Bertz CT molecular complexity index is 551. The van der Waals surface area contributed by atoms with Gasteiger partial charge in [-0.1, -0.05) is 12.1 Å². The number of benzene rings is 2. The Hall–Kier alpha value is -1.96. The molecule has 2 nitrogen and oxygen atoms in total. The van der Waals surface area contributed by atoms with Crippen molar-refractivity contribution in [1.29, 1.82) is 0 Å². The van der Waals surface area contributed by atoms with Crippen molar-refractivity contribution in [3.05, 3.63) is 47.0 Å². The van der Waals surface area contributed by atoms with Gasteiger partial charge in [0.15, 0.2) is 0 Å². The molecule has 0 radical (unpaired) electrons. The predicted octanol–water partition coefficient (Wildman–Crippen LogP) is 3.69. The van der Waals surface area contributed by atoms with Crippen molar-refractivity contribution < 1.29 is 10.2 Å². The molecule has 0 atom stereocenters. The summed E-state index contributed by atoms with van der Waals surface area (Å²) in [6, 6.07) is 8.82. The van der Waals surface area contributed by atoms with Crippen LogP contribution in [0.4, 0.5) is 0 Å². The molecule has 2 aromatic carbocycles. The first-order valence-electron chi connectivity index (χ1n) is 5.59. The highest BCUT2D eigenvalue weighted by Crippen LogP contribution is 2.33. The van der Waals surface area contributed by atoms with Crippen LogP contribution in [0, 0.1) is 20.8 Å². The van der Waals surface area contributed by atoms with Crippen LogP contribution in [0.3, 0.4) is 0 Å². The van der Waals surface area contributed by atoms with Crippen molar-refractivity contribution >= 4 is 0 Å². The number of phenols is 2. The first-order chi connectivity index (χ1) is 7.99. The Kier molecular flexibility index (Phi) is 2.80. The molecule has 0 heterocycles. The molecule has 0 aliphatic rings. The summed E-state index contributed by atoms with van der Waals surface area (Å²) in [7, 11) is 0. The number of hydrogen-bond donors (Lipinski definition) is 2. The summed E-state index contributed by atoms with van der Waals surface area (Å²) in [4.78, 5) is 0. The number of aryl methyl sites for hydroxylation is 2. The van der Waals surface area contributed by atoms with Gasteiger partial charge in [-0.2, -0.15) is 0 Å². The molecule has 88 valence electrons. The summed E-state index contributed by atoms with van der Waals surface area (Å²) in [5, 5.41) is 19.1. The molecule has 2 heteroatoms. The fourth-order valence-corrected chi connectivity index (χ4v) is 2.13. The molecule has 2 aromatic rings. The lowest BCUT2D eigenvalue weighted by atomic mass is 9.92. The average molecular weight is 228 g/mol. The van der Waals surface area contributed by atoms with Crippen molar-refractivity contribution in [3.63, 3.8) is 0 Å². The third-order valence-corrected chi connectivity index (χ3v) is 3.14. The van der Waals surface area contributed by atoms with Gasteiger partial charge in [0.25, 0.3) is 0 Å². The van der Waals surface area contributed by atoms with Crippen molar-refractivity contribution in [2.75, 3.05) is 0 Å². The van der Waals surface area contributed by atoms with Crippen LogP contribution in [0.2, 0.25) is 0 Å².